The first kappa shape index (κ1) is 18.7. The second-order valence-corrected chi connectivity index (χ2v) is 6.53. The summed E-state index contributed by atoms with van der Waals surface area (Å²) in [7, 11) is 0. The van der Waals surface area contributed by atoms with Crippen LogP contribution >= 0.6 is 0 Å². The van der Waals surface area contributed by atoms with Gasteiger partial charge in [0, 0.05) is 19.2 Å². The summed E-state index contributed by atoms with van der Waals surface area (Å²) < 4.78 is 41.8. The molecule has 0 bridgehead atoms. The van der Waals surface area contributed by atoms with E-state index in [4.69, 9.17) is 0 Å². The molecule has 1 amide bonds. The Bertz CT molecular complexity index is 1130. The third-order valence-corrected chi connectivity index (χ3v) is 4.64. The maximum Gasteiger partial charge on any atom is 0.434 e. The topological polar surface area (TPSA) is 104 Å². The molecule has 1 aliphatic rings. The van der Waals surface area contributed by atoms with Crippen LogP contribution in [0, 0.1) is 0 Å². The number of benzene rings is 1. The molecule has 2 aromatic heterocycles. The van der Waals surface area contributed by atoms with Crippen LogP contribution in [-0.4, -0.2) is 42.4 Å². The lowest BCUT2D eigenvalue weighted by Crippen LogP contribution is -2.37. The highest BCUT2D eigenvalue weighted by molar-refractivity contribution is 5.95. The van der Waals surface area contributed by atoms with Crippen LogP contribution in [0.4, 0.5) is 13.2 Å². The number of carbonyl (C=O) groups is 1. The van der Waals surface area contributed by atoms with Crippen LogP contribution in [0.1, 0.15) is 27.2 Å². The first-order valence-corrected chi connectivity index (χ1v) is 8.55. The van der Waals surface area contributed by atoms with Gasteiger partial charge < -0.3 is 10.0 Å². The molecule has 0 saturated heterocycles. The summed E-state index contributed by atoms with van der Waals surface area (Å²) >= 11 is 0. The van der Waals surface area contributed by atoms with E-state index in [2.05, 4.69) is 10.2 Å². The standard InChI is InChI=1S/C18H14F3N5O3/c19-18(20,21)16-13(8-22-26(16)14-3-4-15(28)24-23-14)17(29)25-6-5-10-1-2-12(27)7-11(10)9-25/h1-4,7-8,27H,5-6,9H2,(H,24,28). The highest BCUT2D eigenvalue weighted by atomic mass is 19.4. The number of aromatic nitrogens is 4. The van der Waals surface area contributed by atoms with Crippen LogP contribution in [0.2, 0.25) is 0 Å². The quantitative estimate of drug-likeness (QED) is 0.678. The number of hydrogen-bond acceptors (Lipinski definition) is 5. The fourth-order valence-electron chi connectivity index (χ4n) is 3.29. The lowest BCUT2D eigenvalue weighted by molar-refractivity contribution is -0.143. The molecule has 0 saturated carbocycles. The summed E-state index contributed by atoms with van der Waals surface area (Å²) in [6.07, 6.45) is -3.58. The Morgan fingerprint density at radius 1 is 1.17 bits per heavy atom. The second-order valence-electron chi connectivity index (χ2n) is 6.53. The zero-order valence-electron chi connectivity index (χ0n) is 14.8. The van der Waals surface area contributed by atoms with Crippen molar-refractivity contribution in [2.45, 2.75) is 19.1 Å². The molecule has 0 atom stereocenters. The number of halogens is 3. The van der Waals surface area contributed by atoms with Gasteiger partial charge in [-0.05, 0) is 35.7 Å². The molecule has 2 N–H and O–H groups in total. The number of fused-ring (bicyclic) bond motifs is 1. The first-order chi connectivity index (χ1) is 13.7. The lowest BCUT2D eigenvalue weighted by atomic mass is 9.99. The Morgan fingerprint density at radius 3 is 2.66 bits per heavy atom. The monoisotopic (exact) mass is 405 g/mol. The van der Waals surface area contributed by atoms with Gasteiger partial charge in [0.05, 0.1) is 11.8 Å². The third kappa shape index (κ3) is 3.46. The Balaban J connectivity index is 1.72. The zero-order chi connectivity index (χ0) is 20.8. The molecule has 1 aromatic carbocycles. The molecule has 3 aromatic rings. The first-order valence-electron chi connectivity index (χ1n) is 8.55. The van der Waals surface area contributed by atoms with E-state index in [-0.39, 0.29) is 24.7 Å². The average Bonchev–Trinajstić information content (AvgIpc) is 3.13. The van der Waals surface area contributed by atoms with Gasteiger partial charge in [-0.2, -0.15) is 23.4 Å². The van der Waals surface area contributed by atoms with E-state index in [0.29, 0.717) is 16.7 Å². The molecule has 4 rings (SSSR count). The number of H-pyrrole nitrogens is 1. The maximum atomic E-state index is 13.8. The molecule has 0 unspecified atom stereocenters. The van der Waals surface area contributed by atoms with E-state index in [9.17, 15) is 27.9 Å². The summed E-state index contributed by atoms with van der Waals surface area (Å²) in [4.78, 5) is 25.3. The fourth-order valence-corrected chi connectivity index (χ4v) is 3.29. The molecule has 3 heterocycles. The van der Waals surface area contributed by atoms with Crippen molar-refractivity contribution in [3.8, 4) is 11.6 Å². The number of hydrogen-bond donors (Lipinski definition) is 2. The second kappa shape index (κ2) is 6.76. The number of alkyl halides is 3. The SMILES string of the molecule is O=C(c1cnn(-c2ccc(=O)[nH]n2)c1C(F)(F)F)N1CCc2ccc(O)cc2C1. The Labute approximate surface area is 161 Å². The van der Waals surface area contributed by atoms with Crippen LogP contribution in [-0.2, 0) is 19.1 Å². The van der Waals surface area contributed by atoms with Crippen LogP contribution in [0.15, 0.2) is 41.3 Å². The number of rotatable bonds is 2. The normalized spacial score (nSPS) is 14.0. The highest BCUT2D eigenvalue weighted by Crippen LogP contribution is 2.34. The molecule has 29 heavy (non-hydrogen) atoms. The van der Waals surface area contributed by atoms with E-state index in [0.717, 1.165) is 23.9 Å². The zero-order valence-corrected chi connectivity index (χ0v) is 14.8. The molecular formula is C18H14F3N5O3. The van der Waals surface area contributed by atoms with Crippen molar-refractivity contribution in [1.29, 1.82) is 0 Å². The molecule has 11 heteroatoms. The Morgan fingerprint density at radius 2 is 1.97 bits per heavy atom. The van der Waals surface area contributed by atoms with Crippen molar-refractivity contribution in [2.75, 3.05) is 6.54 Å². The van der Waals surface area contributed by atoms with Crippen molar-refractivity contribution in [1.82, 2.24) is 24.9 Å². The van der Waals surface area contributed by atoms with Crippen LogP contribution in [0.25, 0.3) is 5.82 Å². The molecule has 0 aliphatic carbocycles. The minimum absolute atomic E-state index is 0.0194. The van der Waals surface area contributed by atoms with Gasteiger partial charge in [-0.1, -0.05) is 6.07 Å². The number of aromatic hydroxyl groups is 1. The van der Waals surface area contributed by atoms with Crippen molar-refractivity contribution in [3.05, 3.63) is 69.3 Å². The van der Waals surface area contributed by atoms with E-state index in [1.807, 2.05) is 5.10 Å². The van der Waals surface area contributed by atoms with Gasteiger partial charge in [0.2, 0.25) is 0 Å². The van der Waals surface area contributed by atoms with E-state index < -0.39 is 28.9 Å². The number of phenolic OH excluding ortho intramolecular Hbond substituents is 1. The van der Waals surface area contributed by atoms with Crippen molar-refractivity contribution < 1.29 is 23.1 Å². The van der Waals surface area contributed by atoms with Crippen LogP contribution in [0.3, 0.4) is 0 Å². The minimum Gasteiger partial charge on any atom is -0.508 e. The van der Waals surface area contributed by atoms with Gasteiger partial charge in [0.1, 0.15) is 5.75 Å². The molecule has 1 aliphatic heterocycles. The summed E-state index contributed by atoms with van der Waals surface area (Å²) in [5, 5.41) is 18.9. The highest BCUT2D eigenvalue weighted by Gasteiger charge is 2.42. The minimum atomic E-state index is -4.88. The van der Waals surface area contributed by atoms with Crippen molar-refractivity contribution in [2.24, 2.45) is 0 Å². The van der Waals surface area contributed by atoms with Gasteiger partial charge in [0.15, 0.2) is 11.5 Å². The summed E-state index contributed by atoms with van der Waals surface area (Å²) in [6.45, 7) is 0.304. The number of nitrogens with one attached hydrogen (secondary N) is 1. The lowest BCUT2D eigenvalue weighted by Gasteiger charge is -2.29. The largest absolute Gasteiger partial charge is 0.508 e. The number of aromatic amines is 1. The fraction of sp³-hybridized carbons (Fsp3) is 0.222. The van der Waals surface area contributed by atoms with E-state index in [1.165, 1.54) is 17.0 Å². The van der Waals surface area contributed by atoms with Gasteiger partial charge in [-0.3, -0.25) is 9.59 Å². The molecular weight excluding hydrogens is 391 g/mol. The molecule has 0 radical (unpaired) electrons. The van der Waals surface area contributed by atoms with Crippen LogP contribution < -0.4 is 5.56 Å². The number of phenols is 1. The van der Waals surface area contributed by atoms with E-state index in [1.54, 1.807) is 6.07 Å². The molecule has 0 fully saturated rings. The van der Waals surface area contributed by atoms with Gasteiger partial charge in [-0.25, -0.2) is 9.78 Å². The van der Waals surface area contributed by atoms with E-state index >= 15 is 0 Å². The Hall–Kier alpha value is -3.63. The predicted octanol–water partition coefficient (Wildman–Crippen LogP) is 1.88. The third-order valence-electron chi connectivity index (χ3n) is 4.64. The van der Waals surface area contributed by atoms with Gasteiger partial charge >= 0.3 is 6.18 Å². The number of amides is 1. The number of carbonyl (C=O) groups excluding carboxylic acids is 1. The summed E-state index contributed by atoms with van der Waals surface area (Å²) in [5.41, 5.74) is -0.872. The average molecular weight is 405 g/mol. The van der Waals surface area contributed by atoms with Crippen molar-refractivity contribution >= 4 is 5.91 Å². The summed E-state index contributed by atoms with van der Waals surface area (Å²) in [6, 6.07) is 6.84. The van der Waals surface area contributed by atoms with Crippen LogP contribution in [0.5, 0.6) is 5.75 Å². The summed E-state index contributed by atoms with van der Waals surface area (Å²) in [5.74, 6) is -1.09. The molecule has 8 nitrogen and oxygen atoms in total. The van der Waals surface area contributed by atoms with Crippen molar-refractivity contribution in [3.63, 3.8) is 0 Å². The predicted molar refractivity (Wildman–Crippen MR) is 93.5 cm³/mol. The van der Waals surface area contributed by atoms with Gasteiger partial charge in [-0.15, -0.1) is 0 Å². The molecule has 0 spiro atoms. The van der Waals surface area contributed by atoms with Gasteiger partial charge in [0.25, 0.3) is 11.5 Å². The smallest absolute Gasteiger partial charge is 0.434 e. The maximum absolute atomic E-state index is 13.8. The molecule has 150 valence electrons. The Kier molecular flexibility index (Phi) is 4.36. The number of nitrogens with zero attached hydrogens (tertiary/aromatic N) is 4.